The number of carbonyl (C=O) groups is 1. The van der Waals surface area contributed by atoms with Gasteiger partial charge >= 0.3 is 5.97 Å². The van der Waals surface area contributed by atoms with E-state index in [9.17, 15) is 4.79 Å². The van der Waals surface area contributed by atoms with Crippen molar-refractivity contribution in [1.82, 2.24) is 0 Å². The van der Waals surface area contributed by atoms with Crippen LogP contribution in [-0.2, 0) is 9.63 Å². The van der Waals surface area contributed by atoms with Crippen molar-refractivity contribution in [2.75, 3.05) is 0 Å². The fraction of sp³-hybridized carbons (Fsp3) is 0.400. The lowest BCUT2D eigenvalue weighted by Crippen LogP contribution is -1.93. The van der Waals surface area contributed by atoms with Crippen LogP contribution in [-0.4, -0.2) is 11.7 Å². The van der Waals surface area contributed by atoms with E-state index in [0.717, 1.165) is 0 Å². The Bertz CT molecular complexity index is 114. The number of hydrogen-bond donors (Lipinski definition) is 0. The maximum absolute atomic E-state index is 9.91. The Labute approximate surface area is 48.3 Å². The largest absolute Gasteiger partial charge is 0.335 e. The molecule has 1 radical (unpaired) electrons. The van der Waals surface area contributed by atoms with Crippen LogP contribution in [0.4, 0.5) is 0 Å². The van der Waals surface area contributed by atoms with Gasteiger partial charge in [-0.2, -0.15) is 0 Å². The average molecular weight is 114 g/mol. The first kappa shape index (κ1) is 7.14. The van der Waals surface area contributed by atoms with Crippen LogP contribution in [0.5, 0.6) is 0 Å². The van der Waals surface area contributed by atoms with Gasteiger partial charge in [0.25, 0.3) is 0 Å². The van der Waals surface area contributed by atoms with Crippen molar-refractivity contribution in [2.24, 2.45) is 5.16 Å². The van der Waals surface area contributed by atoms with Gasteiger partial charge in [0.15, 0.2) is 0 Å². The molecule has 0 aromatic rings. The molecule has 0 unspecified atom stereocenters. The molecular formula is C5H8NO2. The molecule has 8 heavy (non-hydrogen) atoms. The van der Waals surface area contributed by atoms with Crippen LogP contribution in [0.3, 0.4) is 0 Å². The maximum atomic E-state index is 9.91. The second kappa shape index (κ2) is 3.18. The van der Waals surface area contributed by atoms with Crippen molar-refractivity contribution >= 4 is 11.7 Å². The summed E-state index contributed by atoms with van der Waals surface area (Å²) in [5.41, 5.74) is 0.696. The monoisotopic (exact) mass is 114 g/mol. The fourth-order valence-corrected chi connectivity index (χ4v) is 0.142. The maximum Gasteiger partial charge on any atom is 0.335 e. The first-order valence-corrected chi connectivity index (χ1v) is 2.17. The van der Waals surface area contributed by atoms with E-state index in [1.165, 1.54) is 0 Å². The first-order valence-electron chi connectivity index (χ1n) is 2.17. The molecule has 0 N–H and O–H groups in total. The summed E-state index contributed by atoms with van der Waals surface area (Å²) in [7, 11) is 0. The van der Waals surface area contributed by atoms with Crippen LogP contribution in [0.15, 0.2) is 5.16 Å². The summed E-state index contributed by atoms with van der Waals surface area (Å²) in [5.74, 6) is -0.633. The molecule has 0 rings (SSSR count). The molecule has 3 heteroatoms. The summed E-state index contributed by atoms with van der Waals surface area (Å²) >= 11 is 0. The molecule has 0 aromatic carbocycles. The SMILES string of the molecule is [CH2]C(=O)ON=C(C)C. The van der Waals surface area contributed by atoms with Gasteiger partial charge in [0, 0.05) is 0 Å². The highest BCUT2D eigenvalue weighted by Gasteiger charge is 1.86. The van der Waals surface area contributed by atoms with E-state index in [4.69, 9.17) is 0 Å². The third-order valence-electron chi connectivity index (χ3n) is 0.330. The topological polar surface area (TPSA) is 38.7 Å². The molecule has 0 aliphatic heterocycles. The Balaban J connectivity index is 3.45. The molecule has 3 nitrogen and oxygen atoms in total. The second-order valence-corrected chi connectivity index (χ2v) is 1.50. The van der Waals surface area contributed by atoms with Gasteiger partial charge in [0.05, 0.1) is 12.6 Å². The van der Waals surface area contributed by atoms with Crippen LogP contribution >= 0.6 is 0 Å². The van der Waals surface area contributed by atoms with E-state index in [2.05, 4.69) is 16.9 Å². The van der Waals surface area contributed by atoms with Gasteiger partial charge in [0.1, 0.15) is 0 Å². The molecule has 0 aromatic heterocycles. The third-order valence-corrected chi connectivity index (χ3v) is 0.330. The molecule has 0 aliphatic carbocycles. The molecule has 0 saturated heterocycles. The van der Waals surface area contributed by atoms with Crippen LogP contribution in [0.1, 0.15) is 13.8 Å². The van der Waals surface area contributed by atoms with Crippen LogP contribution in [0, 0.1) is 6.92 Å². The fourth-order valence-electron chi connectivity index (χ4n) is 0.142. The van der Waals surface area contributed by atoms with E-state index in [0.29, 0.717) is 5.71 Å². The van der Waals surface area contributed by atoms with E-state index in [-0.39, 0.29) is 0 Å². The van der Waals surface area contributed by atoms with Crippen LogP contribution in [0.2, 0.25) is 0 Å². The highest BCUT2D eigenvalue weighted by Crippen LogP contribution is 1.78. The summed E-state index contributed by atoms with van der Waals surface area (Å²) in [6.45, 7) is 6.39. The molecule has 0 fully saturated rings. The Hall–Kier alpha value is -0.860. The zero-order chi connectivity index (χ0) is 6.57. The minimum absolute atomic E-state index is 0.633. The summed E-state index contributed by atoms with van der Waals surface area (Å²) < 4.78 is 0. The van der Waals surface area contributed by atoms with Gasteiger partial charge in [0.2, 0.25) is 0 Å². The summed E-state index contributed by atoms with van der Waals surface area (Å²) in [5, 5.41) is 3.33. The van der Waals surface area contributed by atoms with Crippen molar-refractivity contribution in [3.8, 4) is 0 Å². The summed E-state index contributed by atoms with van der Waals surface area (Å²) in [6, 6.07) is 0. The lowest BCUT2D eigenvalue weighted by molar-refractivity contribution is -0.138. The molecule has 0 atom stereocenters. The Morgan fingerprint density at radius 3 is 2.25 bits per heavy atom. The lowest BCUT2D eigenvalue weighted by Gasteiger charge is -1.87. The highest BCUT2D eigenvalue weighted by molar-refractivity contribution is 5.80. The van der Waals surface area contributed by atoms with Crippen molar-refractivity contribution in [3.63, 3.8) is 0 Å². The van der Waals surface area contributed by atoms with Gasteiger partial charge in [-0.3, -0.25) is 0 Å². The quantitative estimate of drug-likeness (QED) is 0.287. The van der Waals surface area contributed by atoms with Crippen molar-refractivity contribution in [3.05, 3.63) is 6.92 Å². The average Bonchev–Trinajstić information content (AvgIpc) is 1.61. The Morgan fingerprint density at radius 2 is 2.12 bits per heavy atom. The van der Waals surface area contributed by atoms with Crippen molar-refractivity contribution < 1.29 is 9.63 Å². The third kappa shape index (κ3) is 5.14. The normalized spacial score (nSPS) is 7.88. The zero-order valence-electron chi connectivity index (χ0n) is 4.97. The van der Waals surface area contributed by atoms with Gasteiger partial charge in [-0.05, 0) is 13.8 Å². The van der Waals surface area contributed by atoms with E-state index < -0.39 is 5.97 Å². The Kier molecular flexibility index (Phi) is 2.84. The smallest absolute Gasteiger partial charge is 0.318 e. The minimum atomic E-state index is -0.633. The highest BCUT2D eigenvalue weighted by atomic mass is 16.7. The van der Waals surface area contributed by atoms with Crippen molar-refractivity contribution in [2.45, 2.75) is 13.8 Å². The van der Waals surface area contributed by atoms with E-state index in [1.807, 2.05) is 0 Å². The zero-order valence-corrected chi connectivity index (χ0v) is 4.97. The number of nitrogens with zero attached hydrogens (tertiary/aromatic N) is 1. The van der Waals surface area contributed by atoms with Gasteiger partial charge in [-0.15, -0.1) is 0 Å². The predicted molar refractivity (Wildman–Crippen MR) is 30.2 cm³/mol. The summed E-state index contributed by atoms with van der Waals surface area (Å²) in [4.78, 5) is 14.0. The molecule has 0 saturated carbocycles. The van der Waals surface area contributed by atoms with Crippen molar-refractivity contribution in [1.29, 1.82) is 0 Å². The van der Waals surface area contributed by atoms with Gasteiger partial charge in [-0.25, -0.2) is 4.79 Å². The number of oxime groups is 1. The van der Waals surface area contributed by atoms with Gasteiger partial charge in [-0.1, -0.05) is 5.16 Å². The molecule has 0 amide bonds. The molecule has 0 heterocycles. The number of carbonyl (C=O) groups excluding carboxylic acids is 1. The molecule has 45 valence electrons. The minimum Gasteiger partial charge on any atom is -0.318 e. The summed E-state index contributed by atoms with van der Waals surface area (Å²) in [6.07, 6.45) is 0. The van der Waals surface area contributed by atoms with Crippen LogP contribution < -0.4 is 0 Å². The van der Waals surface area contributed by atoms with E-state index in [1.54, 1.807) is 13.8 Å². The predicted octanol–water partition coefficient (Wildman–Crippen LogP) is 0.759. The number of rotatable bonds is 1. The van der Waals surface area contributed by atoms with E-state index >= 15 is 0 Å². The number of hydrogen-bond acceptors (Lipinski definition) is 3. The second-order valence-electron chi connectivity index (χ2n) is 1.50. The standard InChI is InChI=1S/C5H8NO2/c1-4(2)6-8-5(3)7/h3H2,1-2H3. The molecular weight excluding hydrogens is 106 g/mol. The lowest BCUT2D eigenvalue weighted by atomic mass is 10.5. The molecule has 0 aliphatic rings. The first-order chi connectivity index (χ1) is 3.63. The van der Waals surface area contributed by atoms with Crippen LogP contribution in [0.25, 0.3) is 0 Å². The molecule has 0 spiro atoms. The van der Waals surface area contributed by atoms with Gasteiger partial charge < -0.3 is 4.84 Å². The molecule has 0 bridgehead atoms. The Morgan fingerprint density at radius 1 is 1.62 bits per heavy atom.